The summed E-state index contributed by atoms with van der Waals surface area (Å²) in [5, 5.41) is 6.44. The Morgan fingerprint density at radius 2 is 2.27 bits per heavy atom. The Hall–Kier alpha value is -1.44. The first kappa shape index (κ1) is 14.2. The van der Waals surface area contributed by atoms with Gasteiger partial charge in [0.2, 0.25) is 11.7 Å². The van der Waals surface area contributed by atoms with E-state index in [9.17, 15) is 0 Å². The predicted molar refractivity (Wildman–Crippen MR) is 83.3 cm³/mol. The molecule has 4 heterocycles. The fraction of sp³-hybridized carbons (Fsp3) is 0.500. The molecule has 1 aliphatic heterocycles. The third-order valence-electron chi connectivity index (χ3n) is 3.98. The Kier molecular flexibility index (Phi) is 3.43. The molecule has 2 unspecified atom stereocenters. The molecule has 3 aromatic heterocycles. The highest BCUT2D eigenvalue weighted by Crippen LogP contribution is 2.36. The summed E-state index contributed by atoms with van der Waals surface area (Å²) in [6, 6.07) is 0. The number of nitrogens with zero attached hydrogens (tertiary/aromatic N) is 4. The van der Waals surface area contributed by atoms with Gasteiger partial charge in [-0.15, -0.1) is 11.3 Å². The van der Waals surface area contributed by atoms with Gasteiger partial charge in [-0.05, 0) is 12.3 Å². The summed E-state index contributed by atoms with van der Waals surface area (Å²) in [6.45, 7) is 5.01. The van der Waals surface area contributed by atoms with Crippen molar-refractivity contribution < 1.29 is 9.26 Å². The van der Waals surface area contributed by atoms with E-state index >= 15 is 0 Å². The van der Waals surface area contributed by atoms with Crippen LogP contribution in [0, 0.1) is 5.92 Å². The van der Waals surface area contributed by atoms with Crippen LogP contribution in [0.4, 0.5) is 0 Å². The van der Waals surface area contributed by atoms with E-state index in [0.717, 1.165) is 18.0 Å². The molecule has 0 N–H and O–H groups in total. The molecule has 0 radical (unpaired) electrons. The summed E-state index contributed by atoms with van der Waals surface area (Å²) in [6.07, 6.45) is 2.92. The lowest BCUT2D eigenvalue weighted by Gasteiger charge is -2.18. The standard InChI is InChI=1S/C14H15ClN4O2S/c1-7(2)10-8(3-5-20-10)13-17-12(18-21-13)9-11(15)16-14-19(9)4-6-22-14/h4,6-8,10H,3,5H2,1-2H3. The first-order valence-corrected chi connectivity index (χ1v) is 8.47. The van der Waals surface area contributed by atoms with Crippen LogP contribution in [0.25, 0.3) is 16.5 Å². The van der Waals surface area contributed by atoms with Gasteiger partial charge in [0.15, 0.2) is 10.1 Å². The van der Waals surface area contributed by atoms with Crippen molar-refractivity contribution in [3.05, 3.63) is 22.6 Å². The molecule has 116 valence electrons. The molecule has 3 aromatic rings. The molecule has 0 bridgehead atoms. The van der Waals surface area contributed by atoms with Gasteiger partial charge in [-0.2, -0.15) is 4.98 Å². The molecule has 0 aromatic carbocycles. The molecule has 1 aliphatic rings. The van der Waals surface area contributed by atoms with Crippen LogP contribution in [0.1, 0.15) is 32.1 Å². The molecule has 0 aliphatic carbocycles. The van der Waals surface area contributed by atoms with Gasteiger partial charge in [0.05, 0.1) is 12.0 Å². The predicted octanol–water partition coefficient (Wildman–Crippen LogP) is 3.63. The van der Waals surface area contributed by atoms with Gasteiger partial charge in [0, 0.05) is 18.2 Å². The molecular weight excluding hydrogens is 324 g/mol. The average molecular weight is 339 g/mol. The van der Waals surface area contributed by atoms with Gasteiger partial charge in [-0.25, -0.2) is 4.98 Å². The molecule has 0 spiro atoms. The molecule has 2 atom stereocenters. The van der Waals surface area contributed by atoms with Crippen LogP contribution in [0.3, 0.4) is 0 Å². The minimum Gasteiger partial charge on any atom is -0.377 e. The highest BCUT2D eigenvalue weighted by Gasteiger charge is 2.36. The van der Waals surface area contributed by atoms with Crippen LogP contribution in [0.5, 0.6) is 0 Å². The zero-order chi connectivity index (χ0) is 15.3. The SMILES string of the molecule is CC(C)C1OCCC1c1nc(-c2c(Cl)nc3sccn23)no1. The maximum absolute atomic E-state index is 6.22. The second-order valence-corrected chi connectivity index (χ2v) is 6.97. The van der Waals surface area contributed by atoms with Crippen LogP contribution in [-0.4, -0.2) is 32.2 Å². The summed E-state index contributed by atoms with van der Waals surface area (Å²) < 4.78 is 13.2. The van der Waals surface area contributed by atoms with Gasteiger partial charge < -0.3 is 9.26 Å². The van der Waals surface area contributed by atoms with E-state index in [-0.39, 0.29) is 12.0 Å². The van der Waals surface area contributed by atoms with E-state index in [1.807, 2.05) is 16.0 Å². The molecule has 1 fully saturated rings. The molecule has 0 amide bonds. The van der Waals surface area contributed by atoms with Crippen molar-refractivity contribution in [3.8, 4) is 11.5 Å². The number of ether oxygens (including phenoxy) is 1. The average Bonchev–Trinajstić information content (AvgIpc) is 3.20. The minimum absolute atomic E-state index is 0.121. The lowest BCUT2D eigenvalue weighted by Crippen LogP contribution is -2.21. The molecule has 1 saturated heterocycles. The van der Waals surface area contributed by atoms with Crippen LogP contribution in [0.2, 0.25) is 5.15 Å². The number of aromatic nitrogens is 4. The van der Waals surface area contributed by atoms with Gasteiger partial charge in [-0.3, -0.25) is 4.40 Å². The van der Waals surface area contributed by atoms with Gasteiger partial charge in [-0.1, -0.05) is 30.6 Å². The first-order valence-electron chi connectivity index (χ1n) is 7.21. The van der Waals surface area contributed by atoms with Crippen molar-refractivity contribution >= 4 is 27.9 Å². The summed E-state index contributed by atoms with van der Waals surface area (Å²) in [7, 11) is 0. The molecule has 22 heavy (non-hydrogen) atoms. The van der Waals surface area contributed by atoms with Gasteiger partial charge >= 0.3 is 0 Å². The van der Waals surface area contributed by atoms with Crippen molar-refractivity contribution in [3.63, 3.8) is 0 Å². The normalized spacial score (nSPS) is 22.2. The highest BCUT2D eigenvalue weighted by atomic mass is 35.5. The van der Waals surface area contributed by atoms with Crippen LogP contribution in [0.15, 0.2) is 16.1 Å². The maximum atomic E-state index is 6.22. The second-order valence-electron chi connectivity index (χ2n) is 5.74. The number of imidazole rings is 1. The molecule has 4 rings (SSSR count). The number of thiazole rings is 1. The summed E-state index contributed by atoms with van der Waals surface area (Å²) in [5.41, 5.74) is 0.674. The Labute approximate surface area is 136 Å². The van der Waals surface area contributed by atoms with Crippen molar-refractivity contribution in [2.45, 2.75) is 32.3 Å². The topological polar surface area (TPSA) is 65.5 Å². The molecule has 0 saturated carbocycles. The Morgan fingerprint density at radius 1 is 1.41 bits per heavy atom. The van der Waals surface area contributed by atoms with Gasteiger partial charge in [0.1, 0.15) is 5.69 Å². The number of rotatable bonds is 3. The van der Waals surface area contributed by atoms with Crippen molar-refractivity contribution in [2.75, 3.05) is 6.61 Å². The largest absolute Gasteiger partial charge is 0.377 e. The quantitative estimate of drug-likeness (QED) is 0.729. The lowest BCUT2D eigenvalue weighted by atomic mass is 9.93. The van der Waals surface area contributed by atoms with E-state index < -0.39 is 0 Å². The minimum atomic E-state index is 0.121. The summed E-state index contributed by atoms with van der Waals surface area (Å²) in [5.74, 6) is 1.64. The fourth-order valence-electron chi connectivity index (χ4n) is 2.97. The van der Waals surface area contributed by atoms with E-state index in [0.29, 0.717) is 28.5 Å². The number of hydrogen-bond acceptors (Lipinski definition) is 6. The number of hydrogen-bond donors (Lipinski definition) is 0. The fourth-order valence-corrected chi connectivity index (χ4v) is 3.99. The van der Waals surface area contributed by atoms with E-state index in [2.05, 4.69) is 29.0 Å². The van der Waals surface area contributed by atoms with Crippen molar-refractivity contribution in [1.82, 2.24) is 19.5 Å². The molecule has 8 heteroatoms. The third-order valence-corrected chi connectivity index (χ3v) is 5.00. The van der Waals surface area contributed by atoms with Crippen molar-refractivity contribution in [1.29, 1.82) is 0 Å². The Balaban J connectivity index is 1.72. The van der Waals surface area contributed by atoms with Crippen LogP contribution in [-0.2, 0) is 4.74 Å². The van der Waals surface area contributed by atoms with E-state index in [1.165, 1.54) is 11.3 Å². The lowest BCUT2D eigenvalue weighted by molar-refractivity contribution is 0.0627. The maximum Gasteiger partial charge on any atom is 0.232 e. The van der Waals surface area contributed by atoms with E-state index in [4.69, 9.17) is 20.9 Å². The number of halogens is 1. The Morgan fingerprint density at radius 3 is 3.09 bits per heavy atom. The Bertz CT molecular complexity index is 809. The summed E-state index contributed by atoms with van der Waals surface area (Å²) in [4.78, 5) is 9.67. The highest BCUT2D eigenvalue weighted by molar-refractivity contribution is 7.15. The van der Waals surface area contributed by atoms with E-state index in [1.54, 1.807) is 0 Å². The summed E-state index contributed by atoms with van der Waals surface area (Å²) >= 11 is 7.73. The zero-order valence-electron chi connectivity index (χ0n) is 12.2. The molecule has 6 nitrogen and oxygen atoms in total. The second kappa shape index (κ2) is 5.33. The van der Waals surface area contributed by atoms with Crippen molar-refractivity contribution in [2.24, 2.45) is 5.92 Å². The number of fused-ring (bicyclic) bond motifs is 1. The van der Waals surface area contributed by atoms with Gasteiger partial charge in [0.25, 0.3) is 0 Å². The molecular formula is C14H15ClN4O2S. The van der Waals surface area contributed by atoms with Crippen LogP contribution < -0.4 is 0 Å². The monoisotopic (exact) mass is 338 g/mol. The zero-order valence-corrected chi connectivity index (χ0v) is 13.8. The first-order chi connectivity index (χ1) is 10.6. The third kappa shape index (κ3) is 2.15. The van der Waals surface area contributed by atoms with Crippen LogP contribution >= 0.6 is 22.9 Å². The smallest absolute Gasteiger partial charge is 0.232 e.